The summed E-state index contributed by atoms with van der Waals surface area (Å²) >= 11 is 0. The van der Waals surface area contributed by atoms with Crippen molar-refractivity contribution in [2.75, 3.05) is 0 Å². The molecule has 1 heterocycles. The lowest BCUT2D eigenvalue weighted by molar-refractivity contribution is -0.0943. The Morgan fingerprint density at radius 3 is 2.69 bits per heavy atom. The van der Waals surface area contributed by atoms with Gasteiger partial charge in [0.05, 0.1) is 0 Å². The van der Waals surface area contributed by atoms with Crippen LogP contribution >= 0.6 is 0 Å². The molecular weight excluding hydrogens is 314 g/mol. The summed E-state index contributed by atoms with van der Waals surface area (Å²) in [5.74, 6) is 1.67. The number of rotatable bonds is 1. The number of allylic oxidation sites excluding steroid dienone is 4. The molecule has 1 aromatic heterocycles. The smallest absolute Gasteiger partial charge is 0.0343 e. The van der Waals surface area contributed by atoms with Gasteiger partial charge in [-0.1, -0.05) is 44.6 Å². The second kappa shape index (κ2) is 5.57. The van der Waals surface area contributed by atoms with Crippen LogP contribution in [0.25, 0.3) is 5.57 Å². The van der Waals surface area contributed by atoms with Gasteiger partial charge in [0.25, 0.3) is 0 Å². The Labute approximate surface area is 159 Å². The predicted octanol–water partition coefficient (Wildman–Crippen LogP) is 6.82. The van der Waals surface area contributed by atoms with Gasteiger partial charge in [0.15, 0.2) is 0 Å². The fourth-order valence-corrected chi connectivity index (χ4v) is 7.93. The van der Waals surface area contributed by atoms with Crippen LogP contribution in [0.3, 0.4) is 0 Å². The van der Waals surface area contributed by atoms with Crippen molar-refractivity contribution in [2.24, 2.45) is 28.1 Å². The third-order valence-electron chi connectivity index (χ3n) is 9.19. The van der Waals surface area contributed by atoms with Crippen molar-refractivity contribution in [2.45, 2.75) is 72.1 Å². The first kappa shape index (κ1) is 16.8. The molecular formula is C25H33N. The zero-order valence-electron chi connectivity index (χ0n) is 16.7. The number of fused-ring (bicyclic) bond motifs is 5. The lowest BCUT2D eigenvalue weighted by atomic mass is 9.41. The monoisotopic (exact) mass is 347 g/mol. The van der Waals surface area contributed by atoms with Crippen LogP contribution < -0.4 is 0 Å². The quantitative estimate of drug-likeness (QED) is 0.508. The van der Waals surface area contributed by atoms with Gasteiger partial charge < -0.3 is 0 Å². The standard InChI is InChI=1S/C25H33N/c1-23-13-5-4-8-19(23)11-14-25(3)21-10-9-20(18-7-6-16-26-17-18)24(21,2)15-12-22(23)25/h6-9,16-17,21-22H,4-5,10-15H2,1-3H3. The third kappa shape index (κ3) is 2.06. The SMILES string of the molecule is CC12CCCC=C1CCC1(C)C2CCC2(C)C(c3cccnc3)=CCC21. The molecule has 2 fully saturated rings. The molecule has 0 aromatic carbocycles. The van der Waals surface area contributed by atoms with Gasteiger partial charge in [0, 0.05) is 12.4 Å². The number of hydrogen-bond donors (Lipinski definition) is 0. The summed E-state index contributed by atoms with van der Waals surface area (Å²) < 4.78 is 0. The molecule has 2 saturated carbocycles. The summed E-state index contributed by atoms with van der Waals surface area (Å²) in [7, 11) is 0. The molecule has 0 amide bonds. The molecule has 4 aliphatic carbocycles. The van der Waals surface area contributed by atoms with Crippen molar-refractivity contribution in [3.05, 3.63) is 47.8 Å². The fourth-order valence-electron chi connectivity index (χ4n) is 7.93. The summed E-state index contributed by atoms with van der Waals surface area (Å²) in [6.07, 6.45) is 20.1. The maximum atomic E-state index is 4.41. The summed E-state index contributed by atoms with van der Waals surface area (Å²) in [5, 5.41) is 0. The Morgan fingerprint density at radius 1 is 1.00 bits per heavy atom. The average Bonchev–Trinajstić information content (AvgIpc) is 3.00. The maximum absolute atomic E-state index is 4.41. The molecule has 0 saturated heterocycles. The van der Waals surface area contributed by atoms with Crippen LogP contribution in [0, 0.1) is 28.1 Å². The van der Waals surface area contributed by atoms with E-state index in [4.69, 9.17) is 0 Å². The molecule has 0 spiro atoms. The van der Waals surface area contributed by atoms with Crippen molar-refractivity contribution in [3.63, 3.8) is 0 Å². The van der Waals surface area contributed by atoms with Gasteiger partial charge in [-0.25, -0.2) is 0 Å². The van der Waals surface area contributed by atoms with Gasteiger partial charge in [-0.3, -0.25) is 4.98 Å². The van der Waals surface area contributed by atoms with Crippen molar-refractivity contribution in [3.8, 4) is 0 Å². The molecule has 1 nitrogen and oxygen atoms in total. The van der Waals surface area contributed by atoms with E-state index < -0.39 is 0 Å². The van der Waals surface area contributed by atoms with Crippen LogP contribution in [-0.2, 0) is 0 Å². The molecule has 4 aliphatic rings. The van der Waals surface area contributed by atoms with E-state index in [1.165, 1.54) is 56.9 Å². The normalized spacial score (nSPS) is 44.4. The molecule has 0 aliphatic heterocycles. The first-order valence-corrected chi connectivity index (χ1v) is 10.8. The molecule has 0 N–H and O–H groups in total. The van der Waals surface area contributed by atoms with E-state index in [1.54, 1.807) is 5.57 Å². The fraction of sp³-hybridized carbons (Fsp3) is 0.640. The largest absolute Gasteiger partial charge is 0.264 e. The molecule has 1 heteroatoms. The minimum Gasteiger partial charge on any atom is -0.264 e. The minimum absolute atomic E-state index is 0.334. The Hall–Kier alpha value is -1.37. The first-order chi connectivity index (χ1) is 12.5. The van der Waals surface area contributed by atoms with Crippen molar-refractivity contribution >= 4 is 5.57 Å². The third-order valence-corrected chi connectivity index (χ3v) is 9.19. The van der Waals surface area contributed by atoms with Gasteiger partial charge in [0.2, 0.25) is 0 Å². The van der Waals surface area contributed by atoms with E-state index in [0.717, 1.165) is 11.8 Å². The van der Waals surface area contributed by atoms with Crippen LogP contribution in [0.4, 0.5) is 0 Å². The van der Waals surface area contributed by atoms with E-state index in [1.807, 2.05) is 11.8 Å². The van der Waals surface area contributed by atoms with Crippen LogP contribution in [0.2, 0.25) is 0 Å². The molecule has 1 aromatic rings. The van der Waals surface area contributed by atoms with Gasteiger partial charge in [-0.15, -0.1) is 0 Å². The van der Waals surface area contributed by atoms with Crippen molar-refractivity contribution in [1.29, 1.82) is 0 Å². The number of nitrogens with zero attached hydrogens (tertiary/aromatic N) is 1. The molecule has 5 unspecified atom stereocenters. The van der Waals surface area contributed by atoms with Crippen LogP contribution in [0.1, 0.15) is 77.7 Å². The van der Waals surface area contributed by atoms with Crippen LogP contribution in [-0.4, -0.2) is 4.98 Å². The maximum Gasteiger partial charge on any atom is 0.0343 e. The highest BCUT2D eigenvalue weighted by Gasteiger charge is 2.62. The summed E-state index contributed by atoms with van der Waals surface area (Å²) in [4.78, 5) is 4.41. The molecule has 0 bridgehead atoms. The summed E-state index contributed by atoms with van der Waals surface area (Å²) in [6.45, 7) is 7.85. The topological polar surface area (TPSA) is 12.9 Å². The zero-order valence-corrected chi connectivity index (χ0v) is 16.7. The van der Waals surface area contributed by atoms with E-state index >= 15 is 0 Å². The molecule has 5 atom stereocenters. The molecule has 138 valence electrons. The highest BCUT2D eigenvalue weighted by atomic mass is 14.7. The Bertz CT molecular complexity index is 775. The minimum atomic E-state index is 0.334. The molecule has 0 radical (unpaired) electrons. The van der Waals surface area contributed by atoms with E-state index in [2.05, 4.69) is 56.2 Å². The van der Waals surface area contributed by atoms with Gasteiger partial charge in [-0.05, 0) is 96.7 Å². The molecule has 26 heavy (non-hydrogen) atoms. The van der Waals surface area contributed by atoms with Gasteiger partial charge in [-0.2, -0.15) is 0 Å². The second-order valence-corrected chi connectivity index (χ2v) is 10.2. The number of aromatic nitrogens is 1. The number of pyridine rings is 1. The summed E-state index contributed by atoms with van der Waals surface area (Å²) in [5.41, 5.74) is 6.06. The summed E-state index contributed by atoms with van der Waals surface area (Å²) in [6, 6.07) is 4.37. The van der Waals surface area contributed by atoms with Gasteiger partial charge in [0.1, 0.15) is 0 Å². The Balaban J connectivity index is 1.54. The van der Waals surface area contributed by atoms with Crippen molar-refractivity contribution in [1.82, 2.24) is 4.98 Å². The lowest BCUT2D eigenvalue weighted by Gasteiger charge is -2.63. The first-order valence-electron chi connectivity index (χ1n) is 10.8. The van der Waals surface area contributed by atoms with E-state index in [9.17, 15) is 0 Å². The second-order valence-electron chi connectivity index (χ2n) is 10.2. The average molecular weight is 348 g/mol. The lowest BCUT2D eigenvalue weighted by Crippen LogP contribution is -2.55. The highest BCUT2D eigenvalue weighted by molar-refractivity contribution is 5.72. The Morgan fingerprint density at radius 2 is 1.88 bits per heavy atom. The highest BCUT2D eigenvalue weighted by Crippen LogP contribution is 2.71. The van der Waals surface area contributed by atoms with Crippen LogP contribution in [0.5, 0.6) is 0 Å². The van der Waals surface area contributed by atoms with Crippen molar-refractivity contribution < 1.29 is 0 Å². The van der Waals surface area contributed by atoms with Crippen LogP contribution in [0.15, 0.2) is 42.3 Å². The van der Waals surface area contributed by atoms with E-state index in [0.29, 0.717) is 16.2 Å². The molecule has 5 rings (SSSR count). The van der Waals surface area contributed by atoms with E-state index in [-0.39, 0.29) is 0 Å². The zero-order chi connectivity index (χ0) is 18.0. The Kier molecular flexibility index (Phi) is 3.59. The van der Waals surface area contributed by atoms with Gasteiger partial charge >= 0.3 is 0 Å². The number of hydrogen-bond acceptors (Lipinski definition) is 1. The predicted molar refractivity (Wildman–Crippen MR) is 109 cm³/mol.